The van der Waals surface area contributed by atoms with E-state index in [1.807, 2.05) is 31.3 Å². The minimum absolute atomic E-state index is 0.0586. The molecule has 0 atom stereocenters. The molecular weight excluding hydrogens is 298 g/mol. The highest BCUT2D eigenvalue weighted by molar-refractivity contribution is 5.91. The van der Waals surface area contributed by atoms with Gasteiger partial charge in [0.15, 0.2) is 0 Å². The fraction of sp³-hybridized carbons (Fsp3) is 0.400. The van der Waals surface area contributed by atoms with Gasteiger partial charge in [-0.2, -0.15) is 0 Å². The molecule has 2 aromatic rings. The molecule has 1 aromatic carbocycles. The fourth-order valence-corrected chi connectivity index (χ4v) is 3.09. The van der Waals surface area contributed by atoms with Gasteiger partial charge in [-0.1, -0.05) is 12.1 Å². The van der Waals surface area contributed by atoms with Crippen LogP contribution in [0.15, 0.2) is 36.5 Å². The van der Waals surface area contributed by atoms with Crippen molar-refractivity contribution in [1.29, 1.82) is 0 Å². The Kier molecular flexibility index (Phi) is 5.14. The molecule has 1 fully saturated rings. The molecule has 0 aliphatic carbocycles. The van der Waals surface area contributed by atoms with E-state index in [4.69, 9.17) is 0 Å². The molecule has 0 bridgehead atoms. The number of nitrogens with zero attached hydrogens (tertiary/aromatic N) is 2. The number of carbonyl (C=O) groups is 1. The van der Waals surface area contributed by atoms with Crippen LogP contribution in [0.3, 0.4) is 0 Å². The molecule has 0 radical (unpaired) electrons. The van der Waals surface area contributed by atoms with Crippen LogP contribution in [-0.4, -0.2) is 24.0 Å². The van der Waals surface area contributed by atoms with Gasteiger partial charge in [-0.25, -0.2) is 4.98 Å². The highest BCUT2D eigenvalue weighted by Gasteiger charge is 2.14. The van der Waals surface area contributed by atoms with Gasteiger partial charge in [0.2, 0.25) is 5.91 Å². The number of anilines is 2. The molecule has 4 heteroatoms. The minimum Gasteiger partial charge on any atom is -0.357 e. The van der Waals surface area contributed by atoms with E-state index >= 15 is 0 Å². The third-order valence-corrected chi connectivity index (χ3v) is 4.76. The Morgan fingerprint density at radius 1 is 1.21 bits per heavy atom. The molecule has 1 aliphatic rings. The molecule has 24 heavy (non-hydrogen) atoms. The molecule has 1 saturated heterocycles. The molecule has 126 valence electrons. The summed E-state index contributed by atoms with van der Waals surface area (Å²) in [5.74, 6) is 1.10. The van der Waals surface area contributed by atoms with E-state index in [1.54, 1.807) is 0 Å². The molecule has 1 amide bonds. The van der Waals surface area contributed by atoms with Gasteiger partial charge in [0.1, 0.15) is 5.82 Å². The molecule has 0 spiro atoms. The lowest BCUT2D eigenvalue weighted by Crippen LogP contribution is -2.19. The van der Waals surface area contributed by atoms with Crippen LogP contribution in [0.5, 0.6) is 0 Å². The van der Waals surface area contributed by atoms with Crippen LogP contribution in [0, 0.1) is 13.8 Å². The van der Waals surface area contributed by atoms with Gasteiger partial charge >= 0.3 is 0 Å². The molecule has 2 heterocycles. The monoisotopic (exact) mass is 323 g/mol. The number of carbonyl (C=O) groups excluding carboxylic acids is 1. The number of hydrogen-bond acceptors (Lipinski definition) is 3. The predicted molar refractivity (Wildman–Crippen MR) is 98.6 cm³/mol. The van der Waals surface area contributed by atoms with Crippen molar-refractivity contribution >= 4 is 17.4 Å². The van der Waals surface area contributed by atoms with Crippen molar-refractivity contribution < 1.29 is 4.79 Å². The number of hydrogen-bond donors (Lipinski definition) is 1. The Morgan fingerprint density at radius 2 is 2.00 bits per heavy atom. The van der Waals surface area contributed by atoms with Crippen molar-refractivity contribution in [2.24, 2.45) is 0 Å². The van der Waals surface area contributed by atoms with Crippen LogP contribution in [0.4, 0.5) is 11.5 Å². The van der Waals surface area contributed by atoms with Gasteiger partial charge in [0.25, 0.3) is 0 Å². The van der Waals surface area contributed by atoms with E-state index in [-0.39, 0.29) is 5.91 Å². The first-order chi connectivity index (χ1) is 11.6. The third-order valence-electron chi connectivity index (χ3n) is 4.76. The van der Waals surface area contributed by atoms with Crippen molar-refractivity contribution in [3.8, 4) is 0 Å². The molecule has 1 aromatic heterocycles. The first-order valence-electron chi connectivity index (χ1n) is 8.69. The van der Waals surface area contributed by atoms with Crippen molar-refractivity contribution in [3.05, 3.63) is 53.2 Å². The summed E-state index contributed by atoms with van der Waals surface area (Å²) in [6, 6.07) is 10.1. The minimum atomic E-state index is 0.0586. The van der Waals surface area contributed by atoms with Gasteiger partial charge in [-0.3, -0.25) is 4.79 Å². The van der Waals surface area contributed by atoms with Crippen molar-refractivity contribution in [2.45, 2.75) is 39.5 Å². The Morgan fingerprint density at radius 3 is 2.79 bits per heavy atom. The topological polar surface area (TPSA) is 45.2 Å². The number of amides is 1. The van der Waals surface area contributed by atoms with Crippen molar-refractivity contribution in [3.63, 3.8) is 0 Å². The molecule has 1 aliphatic heterocycles. The summed E-state index contributed by atoms with van der Waals surface area (Å²) >= 11 is 0. The molecule has 4 nitrogen and oxygen atoms in total. The van der Waals surface area contributed by atoms with Crippen LogP contribution < -0.4 is 10.2 Å². The average molecular weight is 323 g/mol. The molecule has 1 N–H and O–H groups in total. The number of nitrogens with one attached hydrogen (secondary N) is 1. The quantitative estimate of drug-likeness (QED) is 0.908. The fourth-order valence-electron chi connectivity index (χ4n) is 3.09. The Hall–Kier alpha value is -2.36. The zero-order chi connectivity index (χ0) is 16.9. The first kappa shape index (κ1) is 16.5. The zero-order valence-corrected chi connectivity index (χ0v) is 14.5. The standard InChI is InChI=1S/C20H25N3O/c1-15-6-5-7-18(16(15)2)22-20(24)9-8-17-10-11-21-19(14-17)23-12-3-4-13-23/h5-7,10-11,14H,3-4,8-9,12-13H2,1-2H3,(H,22,24). The number of aromatic nitrogens is 1. The Labute approximate surface area is 143 Å². The van der Waals surface area contributed by atoms with Gasteiger partial charge in [-0.15, -0.1) is 0 Å². The van der Waals surface area contributed by atoms with Crippen LogP contribution in [0.1, 0.15) is 36.0 Å². The number of aryl methyl sites for hydroxylation is 2. The molecule has 0 unspecified atom stereocenters. The Balaban J connectivity index is 1.58. The maximum Gasteiger partial charge on any atom is 0.224 e. The van der Waals surface area contributed by atoms with Crippen LogP contribution in [0.25, 0.3) is 0 Å². The van der Waals surface area contributed by atoms with Crippen molar-refractivity contribution in [2.75, 3.05) is 23.3 Å². The second-order valence-corrected chi connectivity index (χ2v) is 6.51. The maximum absolute atomic E-state index is 12.3. The van der Waals surface area contributed by atoms with Gasteiger partial charge in [-0.05, 0) is 68.0 Å². The summed E-state index contributed by atoms with van der Waals surface area (Å²) in [6.45, 7) is 6.27. The normalized spacial score (nSPS) is 14.0. The zero-order valence-electron chi connectivity index (χ0n) is 14.5. The van der Waals surface area contributed by atoms with Gasteiger partial charge in [0, 0.05) is 31.4 Å². The van der Waals surface area contributed by atoms with E-state index in [9.17, 15) is 4.79 Å². The van der Waals surface area contributed by atoms with Crippen molar-refractivity contribution in [1.82, 2.24) is 4.98 Å². The van der Waals surface area contributed by atoms with E-state index in [1.165, 1.54) is 24.0 Å². The Bertz CT molecular complexity index is 721. The van der Waals surface area contributed by atoms with E-state index < -0.39 is 0 Å². The highest BCUT2D eigenvalue weighted by atomic mass is 16.1. The summed E-state index contributed by atoms with van der Waals surface area (Å²) in [7, 11) is 0. The number of rotatable bonds is 5. The smallest absolute Gasteiger partial charge is 0.224 e. The van der Waals surface area contributed by atoms with Crippen LogP contribution >= 0.6 is 0 Å². The summed E-state index contributed by atoms with van der Waals surface area (Å²) in [5, 5.41) is 3.03. The largest absolute Gasteiger partial charge is 0.357 e. The lowest BCUT2D eigenvalue weighted by Gasteiger charge is -2.16. The second kappa shape index (κ2) is 7.47. The SMILES string of the molecule is Cc1cccc(NC(=O)CCc2ccnc(N3CCCC3)c2)c1C. The lowest BCUT2D eigenvalue weighted by atomic mass is 10.1. The summed E-state index contributed by atoms with van der Waals surface area (Å²) in [6.07, 6.45) is 5.55. The van der Waals surface area contributed by atoms with E-state index in [0.29, 0.717) is 6.42 Å². The summed E-state index contributed by atoms with van der Waals surface area (Å²) in [5.41, 5.74) is 4.40. The number of pyridine rings is 1. The van der Waals surface area contributed by atoms with E-state index in [0.717, 1.165) is 36.6 Å². The highest BCUT2D eigenvalue weighted by Crippen LogP contribution is 2.20. The summed E-state index contributed by atoms with van der Waals surface area (Å²) in [4.78, 5) is 19.0. The third kappa shape index (κ3) is 3.94. The molecular formula is C20H25N3O. The first-order valence-corrected chi connectivity index (χ1v) is 8.69. The van der Waals surface area contributed by atoms with Gasteiger partial charge in [0.05, 0.1) is 0 Å². The summed E-state index contributed by atoms with van der Waals surface area (Å²) < 4.78 is 0. The molecule has 3 rings (SSSR count). The average Bonchev–Trinajstić information content (AvgIpc) is 3.12. The maximum atomic E-state index is 12.3. The number of benzene rings is 1. The van der Waals surface area contributed by atoms with Crippen LogP contribution in [-0.2, 0) is 11.2 Å². The van der Waals surface area contributed by atoms with Crippen LogP contribution in [0.2, 0.25) is 0 Å². The molecule has 0 saturated carbocycles. The lowest BCUT2D eigenvalue weighted by molar-refractivity contribution is -0.116. The predicted octanol–water partition coefficient (Wildman–Crippen LogP) is 3.87. The second-order valence-electron chi connectivity index (χ2n) is 6.51. The van der Waals surface area contributed by atoms with Gasteiger partial charge < -0.3 is 10.2 Å². The van der Waals surface area contributed by atoms with E-state index in [2.05, 4.69) is 34.3 Å².